The summed E-state index contributed by atoms with van der Waals surface area (Å²) in [5.41, 5.74) is 4.35. The molecule has 0 aliphatic heterocycles. The van der Waals surface area contributed by atoms with Crippen LogP contribution in [0.1, 0.15) is 60.3 Å². The molecule has 9 heteroatoms. The highest BCUT2D eigenvalue weighted by Crippen LogP contribution is 2.23. The lowest BCUT2D eigenvalue weighted by Gasteiger charge is -2.35. The Morgan fingerprint density at radius 2 is 1.63 bits per heavy atom. The zero-order valence-corrected chi connectivity index (χ0v) is 20.6. The minimum absolute atomic E-state index is 0.0243. The molecule has 3 N–H and O–H groups in total. The number of hydrogen-bond donors (Lipinski definition) is 2. The van der Waals surface area contributed by atoms with Crippen LogP contribution in [0.2, 0.25) is 0 Å². The van der Waals surface area contributed by atoms with E-state index in [1.807, 2.05) is 6.92 Å². The molecular formula is C21H42N4O4S. The number of aliphatic hydroxyl groups is 1. The second-order valence-corrected chi connectivity index (χ2v) is 9.43. The Morgan fingerprint density at radius 1 is 1.07 bits per heavy atom. The van der Waals surface area contributed by atoms with Gasteiger partial charge in [-0.1, -0.05) is 20.8 Å². The summed E-state index contributed by atoms with van der Waals surface area (Å²) in [5.74, 6) is -0.445. The molecule has 0 rings (SSSR count). The van der Waals surface area contributed by atoms with Crippen LogP contribution < -0.4 is 5.73 Å². The summed E-state index contributed by atoms with van der Waals surface area (Å²) >= 11 is 1.40. The summed E-state index contributed by atoms with van der Waals surface area (Å²) in [5, 5.41) is 9.38. The van der Waals surface area contributed by atoms with Crippen LogP contribution in [0.3, 0.4) is 0 Å². The van der Waals surface area contributed by atoms with E-state index in [0.29, 0.717) is 18.6 Å². The Balaban J connectivity index is 5.41. The number of carbonyl (C=O) groups is 3. The molecule has 8 nitrogen and oxygen atoms in total. The number of rotatable bonds is 15. The van der Waals surface area contributed by atoms with Crippen LogP contribution in [0, 0.1) is 0 Å². The fourth-order valence-corrected chi connectivity index (χ4v) is 4.29. The lowest BCUT2D eigenvalue weighted by molar-refractivity contribution is -0.145. The predicted octanol–water partition coefficient (Wildman–Crippen LogP) is 1.51. The maximum atomic E-state index is 13.3. The van der Waals surface area contributed by atoms with Crippen LogP contribution in [0.15, 0.2) is 0 Å². The van der Waals surface area contributed by atoms with E-state index in [-0.39, 0.29) is 18.2 Å². The van der Waals surface area contributed by atoms with Gasteiger partial charge in [0.2, 0.25) is 11.8 Å². The van der Waals surface area contributed by atoms with Gasteiger partial charge in [0.15, 0.2) is 5.37 Å². The van der Waals surface area contributed by atoms with Crippen LogP contribution in [-0.2, 0) is 14.4 Å². The average Bonchev–Trinajstić information content (AvgIpc) is 2.67. The molecule has 3 amide bonds. The molecule has 0 bridgehead atoms. The fourth-order valence-electron chi connectivity index (χ4n) is 3.12. The normalized spacial score (nSPS) is 13.8. The van der Waals surface area contributed by atoms with E-state index in [9.17, 15) is 19.5 Å². The highest BCUT2D eigenvalue weighted by molar-refractivity contribution is 8.00. The van der Waals surface area contributed by atoms with Crippen LogP contribution >= 0.6 is 11.8 Å². The lowest BCUT2D eigenvalue weighted by Crippen LogP contribution is -2.54. The molecule has 0 unspecified atom stereocenters. The van der Waals surface area contributed by atoms with Gasteiger partial charge < -0.3 is 25.5 Å². The first-order valence-electron chi connectivity index (χ1n) is 10.8. The molecule has 30 heavy (non-hydrogen) atoms. The molecule has 176 valence electrons. The minimum atomic E-state index is -1.16. The number of primary amides is 1. The first kappa shape index (κ1) is 28.7. The van der Waals surface area contributed by atoms with Crippen molar-refractivity contribution in [2.75, 3.05) is 39.5 Å². The number of likely N-dealkylation sites (N-methyl/N-ethyl adjacent to an activating group) is 2. The van der Waals surface area contributed by atoms with Gasteiger partial charge in [0.25, 0.3) is 5.91 Å². The number of amides is 3. The van der Waals surface area contributed by atoms with Gasteiger partial charge in [-0.2, -0.15) is 0 Å². The number of carbonyl (C=O) groups excluding carboxylic acids is 3. The Bertz CT molecular complexity index is 550. The molecule has 0 aliphatic carbocycles. The highest BCUT2D eigenvalue weighted by atomic mass is 32.2. The maximum absolute atomic E-state index is 13.3. The fraction of sp³-hybridized carbons (Fsp3) is 0.857. The van der Waals surface area contributed by atoms with Gasteiger partial charge in [-0.3, -0.25) is 14.4 Å². The number of nitrogens with two attached hydrogens (primary N) is 1. The van der Waals surface area contributed by atoms with E-state index in [0.717, 1.165) is 26.1 Å². The molecule has 0 radical (unpaired) electrons. The topological polar surface area (TPSA) is 107 Å². The van der Waals surface area contributed by atoms with E-state index in [1.54, 1.807) is 20.9 Å². The Morgan fingerprint density at radius 3 is 2.07 bits per heavy atom. The quantitative estimate of drug-likeness (QED) is 0.292. The summed E-state index contributed by atoms with van der Waals surface area (Å²) in [4.78, 5) is 42.8. The molecule has 0 saturated heterocycles. The van der Waals surface area contributed by atoms with Crippen molar-refractivity contribution in [3.8, 4) is 0 Å². The molecule has 0 fully saturated rings. The first-order valence-corrected chi connectivity index (χ1v) is 11.8. The van der Waals surface area contributed by atoms with E-state index in [1.165, 1.54) is 28.6 Å². The maximum Gasteiger partial charge on any atom is 0.256 e. The van der Waals surface area contributed by atoms with Gasteiger partial charge in [-0.25, -0.2) is 0 Å². The molecule has 0 heterocycles. The van der Waals surface area contributed by atoms with Crippen molar-refractivity contribution in [1.29, 1.82) is 0 Å². The number of thioether (sulfide) groups is 1. The van der Waals surface area contributed by atoms with Crippen molar-refractivity contribution in [1.82, 2.24) is 14.7 Å². The van der Waals surface area contributed by atoms with Crippen molar-refractivity contribution in [3.63, 3.8) is 0 Å². The van der Waals surface area contributed by atoms with Crippen LogP contribution in [0.4, 0.5) is 0 Å². The van der Waals surface area contributed by atoms with Crippen molar-refractivity contribution < 1.29 is 19.5 Å². The van der Waals surface area contributed by atoms with Gasteiger partial charge in [-0.15, -0.1) is 11.8 Å². The lowest BCUT2D eigenvalue weighted by atomic mass is 9.97. The minimum Gasteiger partial charge on any atom is -0.390 e. The molecule has 0 aromatic carbocycles. The highest BCUT2D eigenvalue weighted by Gasteiger charge is 2.36. The van der Waals surface area contributed by atoms with Gasteiger partial charge in [0.05, 0.1) is 5.60 Å². The average molecular weight is 447 g/mol. The van der Waals surface area contributed by atoms with Crippen LogP contribution in [-0.4, -0.2) is 94.0 Å². The van der Waals surface area contributed by atoms with Crippen molar-refractivity contribution in [2.24, 2.45) is 5.73 Å². The molecule has 0 aromatic heterocycles. The summed E-state index contributed by atoms with van der Waals surface area (Å²) < 4.78 is 0. The standard InChI is InChI=1S/C21H42N4O4S/c1-8-12-17(26)24(7)20(30-14-11-13-25(9-2)10-3)19(28)23(6)16(18(22)27)15-21(4,5)29/h16,20,29H,8-15H2,1-7H3,(H2,22,27)/t16-,20+/m0/s1. The molecule has 0 saturated carbocycles. The van der Waals surface area contributed by atoms with Crippen molar-refractivity contribution >= 4 is 29.5 Å². The van der Waals surface area contributed by atoms with Crippen LogP contribution in [0.5, 0.6) is 0 Å². The van der Waals surface area contributed by atoms with E-state index in [4.69, 9.17) is 5.73 Å². The largest absolute Gasteiger partial charge is 0.390 e. The summed E-state index contributed by atoms with van der Waals surface area (Å²) in [6.07, 6.45) is 1.96. The van der Waals surface area contributed by atoms with Gasteiger partial charge in [0, 0.05) is 26.9 Å². The third-order valence-electron chi connectivity index (χ3n) is 5.05. The second-order valence-electron chi connectivity index (χ2n) is 8.24. The molecule has 2 atom stereocenters. The number of hydrogen-bond acceptors (Lipinski definition) is 6. The van der Waals surface area contributed by atoms with E-state index in [2.05, 4.69) is 18.7 Å². The Kier molecular flexibility index (Phi) is 13.3. The third-order valence-corrected chi connectivity index (χ3v) is 6.40. The third kappa shape index (κ3) is 10.1. The zero-order valence-electron chi connectivity index (χ0n) is 19.8. The predicted molar refractivity (Wildman–Crippen MR) is 123 cm³/mol. The zero-order chi connectivity index (χ0) is 23.5. The van der Waals surface area contributed by atoms with Gasteiger partial charge >= 0.3 is 0 Å². The summed E-state index contributed by atoms with van der Waals surface area (Å²) in [6.45, 7) is 12.1. The van der Waals surface area contributed by atoms with E-state index >= 15 is 0 Å². The Hall–Kier alpha value is -1.32. The molecule has 0 aromatic rings. The molecular weight excluding hydrogens is 404 g/mol. The molecule has 0 aliphatic rings. The smallest absolute Gasteiger partial charge is 0.256 e. The SMILES string of the molecule is CCCC(=O)N(C)[C@H](SCCCN(CC)CC)C(=O)N(C)[C@@H](CC(C)(C)O)C(N)=O. The molecule has 0 spiro atoms. The first-order chi connectivity index (χ1) is 13.9. The summed E-state index contributed by atoms with van der Waals surface area (Å²) in [6, 6.07) is -0.953. The summed E-state index contributed by atoms with van der Waals surface area (Å²) in [7, 11) is 3.13. The monoisotopic (exact) mass is 446 g/mol. The Labute approximate surface area is 186 Å². The van der Waals surface area contributed by atoms with Gasteiger partial charge in [0.1, 0.15) is 6.04 Å². The van der Waals surface area contributed by atoms with E-state index < -0.39 is 22.9 Å². The van der Waals surface area contributed by atoms with Crippen molar-refractivity contribution in [3.05, 3.63) is 0 Å². The number of nitrogens with zero attached hydrogens (tertiary/aromatic N) is 3. The van der Waals surface area contributed by atoms with Crippen LogP contribution in [0.25, 0.3) is 0 Å². The van der Waals surface area contributed by atoms with Gasteiger partial charge in [-0.05, 0) is 52.1 Å². The van der Waals surface area contributed by atoms with Crippen molar-refractivity contribution in [2.45, 2.75) is 77.3 Å². The second kappa shape index (κ2) is 13.9.